The lowest BCUT2D eigenvalue weighted by Crippen LogP contribution is -2.43. The zero-order valence-electron chi connectivity index (χ0n) is 10.1. The van der Waals surface area contributed by atoms with E-state index in [-0.39, 0.29) is 23.0 Å². The number of rotatable bonds is 1. The van der Waals surface area contributed by atoms with Crippen molar-refractivity contribution < 1.29 is 9.90 Å². The van der Waals surface area contributed by atoms with Crippen molar-refractivity contribution in [1.29, 1.82) is 0 Å². The molecule has 0 radical (unpaired) electrons. The molecule has 1 aromatic rings. The van der Waals surface area contributed by atoms with Gasteiger partial charge in [0, 0.05) is 22.9 Å². The smallest absolute Gasteiger partial charge is 0.257 e. The summed E-state index contributed by atoms with van der Waals surface area (Å²) in [5, 5.41) is 9.94. The highest BCUT2D eigenvalue weighted by Crippen LogP contribution is 2.27. The van der Waals surface area contributed by atoms with Gasteiger partial charge in [-0.25, -0.2) is 0 Å². The first kappa shape index (κ1) is 13.7. The minimum Gasteiger partial charge on any atom is -0.507 e. The first-order valence-corrected chi connectivity index (χ1v) is 7.14. The molecule has 1 amide bonds. The maximum absolute atomic E-state index is 12.3. The van der Waals surface area contributed by atoms with Crippen LogP contribution in [0.5, 0.6) is 5.75 Å². The summed E-state index contributed by atoms with van der Waals surface area (Å²) in [7, 11) is 0. The molecule has 0 aromatic heterocycles. The van der Waals surface area contributed by atoms with Gasteiger partial charge in [-0.3, -0.25) is 4.79 Å². The minimum absolute atomic E-state index is 0.00928. The van der Waals surface area contributed by atoms with Gasteiger partial charge < -0.3 is 10.0 Å². The fraction of sp³-hybridized carbons (Fsp3) is 0.462. The summed E-state index contributed by atoms with van der Waals surface area (Å²) in [6.45, 7) is 3.33. The van der Waals surface area contributed by atoms with Crippen LogP contribution in [0.25, 0.3) is 0 Å². The molecule has 1 aromatic carbocycles. The fourth-order valence-corrected chi connectivity index (χ4v) is 2.68. The van der Waals surface area contributed by atoms with Crippen LogP contribution in [0.3, 0.4) is 0 Å². The molecular weight excluding hydrogens is 318 g/mol. The molecule has 1 N–H and O–H groups in total. The molecule has 98 valence electrons. The summed E-state index contributed by atoms with van der Waals surface area (Å²) in [6, 6.07) is 4.93. The van der Waals surface area contributed by atoms with Crippen LogP contribution in [0.4, 0.5) is 0 Å². The van der Waals surface area contributed by atoms with Crippen LogP contribution < -0.4 is 0 Å². The number of halogens is 2. The van der Waals surface area contributed by atoms with E-state index in [9.17, 15) is 9.90 Å². The first-order chi connectivity index (χ1) is 8.49. The van der Waals surface area contributed by atoms with Gasteiger partial charge in [-0.15, -0.1) is 11.6 Å². The Labute approximate surface area is 120 Å². The van der Waals surface area contributed by atoms with Crippen molar-refractivity contribution in [3.63, 3.8) is 0 Å². The second kappa shape index (κ2) is 5.49. The Balaban J connectivity index is 2.16. The van der Waals surface area contributed by atoms with Crippen molar-refractivity contribution in [2.24, 2.45) is 5.92 Å². The quantitative estimate of drug-likeness (QED) is 0.802. The van der Waals surface area contributed by atoms with Crippen LogP contribution in [0, 0.1) is 5.92 Å². The van der Waals surface area contributed by atoms with Crippen LogP contribution in [-0.2, 0) is 0 Å². The monoisotopic (exact) mass is 331 g/mol. The lowest BCUT2D eigenvalue weighted by Gasteiger charge is -2.34. The van der Waals surface area contributed by atoms with E-state index >= 15 is 0 Å². The highest BCUT2D eigenvalue weighted by atomic mass is 79.9. The number of hydrogen-bond donors (Lipinski definition) is 1. The SMILES string of the molecule is CC1CN(C(=O)c2ccc(Br)cc2O)CCC1Cl. The third-order valence-electron chi connectivity index (χ3n) is 3.28. The molecule has 2 atom stereocenters. The molecule has 2 rings (SSSR count). The molecular formula is C13H15BrClNO2. The van der Waals surface area contributed by atoms with Crippen molar-refractivity contribution in [1.82, 2.24) is 4.90 Å². The van der Waals surface area contributed by atoms with Gasteiger partial charge in [0.05, 0.1) is 5.56 Å². The summed E-state index contributed by atoms with van der Waals surface area (Å²) >= 11 is 9.40. The predicted molar refractivity (Wildman–Crippen MR) is 75.1 cm³/mol. The summed E-state index contributed by atoms with van der Waals surface area (Å²) < 4.78 is 0.754. The third-order valence-corrected chi connectivity index (χ3v) is 4.42. The van der Waals surface area contributed by atoms with E-state index in [4.69, 9.17) is 11.6 Å². The maximum atomic E-state index is 12.3. The van der Waals surface area contributed by atoms with Crippen molar-refractivity contribution >= 4 is 33.4 Å². The average molecular weight is 333 g/mol. The summed E-state index contributed by atoms with van der Waals surface area (Å²) in [5.41, 5.74) is 0.346. The molecule has 0 spiro atoms. The number of benzene rings is 1. The summed E-state index contributed by atoms with van der Waals surface area (Å²) in [5.74, 6) is 0.160. The first-order valence-electron chi connectivity index (χ1n) is 5.91. The number of alkyl halides is 1. The normalized spacial score (nSPS) is 24.1. The molecule has 1 aliphatic rings. The molecule has 0 aliphatic carbocycles. The van der Waals surface area contributed by atoms with Gasteiger partial charge in [0.25, 0.3) is 5.91 Å². The number of phenolic OH excluding ortho intramolecular Hbond substituents is 1. The highest BCUT2D eigenvalue weighted by molar-refractivity contribution is 9.10. The lowest BCUT2D eigenvalue weighted by atomic mass is 9.98. The number of likely N-dealkylation sites (tertiary alicyclic amines) is 1. The second-order valence-electron chi connectivity index (χ2n) is 4.69. The second-order valence-corrected chi connectivity index (χ2v) is 6.17. The van der Waals surface area contributed by atoms with Crippen LogP contribution in [-0.4, -0.2) is 34.4 Å². The van der Waals surface area contributed by atoms with E-state index < -0.39 is 0 Å². The summed E-state index contributed by atoms with van der Waals surface area (Å²) in [6.07, 6.45) is 0.797. The van der Waals surface area contributed by atoms with Crippen molar-refractivity contribution in [3.05, 3.63) is 28.2 Å². The van der Waals surface area contributed by atoms with Gasteiger partial charge in [-0.2, -0.15) is 0 Å². The Morgan fingerprint density at radius 2 is 2.28 bits per heavy atom. The summed E-state index contributed by atoms with van der Waals surface area (Å²) in [4.78, 5) is 14.0. The number of amides is 1. The van der Waals surface area contributed by atoms with Crippen molar-refractivity contribution in [3.8, 4) is 5.75 Å². The zero-order valence-corrected chi connectivity index (χ0v) is 12.4. The number of nitrogens with zero attached hydrogens (tertiary/aromatic N) is 1. The van der Waals surface area contributed by atoms with Gasteiger partial charge in [-0.05, 0) is 30.5 Å². The van der Waals surface area contributed by atoms with E-state index in [0.717, 1.165) is 10.9 Å². The standard InChI is InChI=1S/C13H15BrClNO2/c1-8-7-16(5-4-11(8)15)13(18)10-3-2-9(14)6-12(10)17/h2-3,6,8,11,17H,4-5,7H2,1H3. The Kier molecular flexibility index (Phi) is 4.17. The lowest BCUT2D eigenvalue weighted by molar-refractivity contribution is 0.0684. The highest BCUT2D eigenvalue weighted by Gasteiger charge is 2.28. The molecule has 0 saturated carbocycles. The van der Waals surface area contributed by atoms with Crippen LogP contribution >= 0.6 is 27.5 Å². The van der Waals surface area contributed by atoms with Crippen molar-refractivity contribution in [2.75, 3.05) is 13.1 Å². The average Bonchev–Trinajstić information content (AvgIpc) is 2.32. The molecule has 5 heteroatoms. The number of carbonyl (C=O) groups is 1. The van der Waals surface area contributed by atoms with E-state index in [1.54, 1.807) is 17.0 Å². The molecule has 3 nitrogen and oxygen atoms in total. The van der Waals surface area contributed by atoms with Gasteiger partial charge in [-0.1, -0.05) is 22.9 Å². The number of hydrogen-bond acceptors (Lipinski definition) is 2. The molecule has 0 bridgehead atoms. The largest absolute Gasteiger partial charge is 0.507 e. The Hall–Kier alpha value is -0.740. The Bertz CT molecular complexity index is 466. The number of carbonyl (C=O) groups excluding carboxylic acids is 1. The fourth-order valence-electron chi connectivity index (χ4n) is 2.16. The zero-order chi connectivity index (χ0) is 13.3. The molecule has 1 fully saturated rings. The van der Waals surface area contributed by atoms with E-state index in [1.807, 2.05) is 6.92 Å². The Morgan fingerprint density at radius 3 is 2.89 bits per heavy atom. The number of aromatic hydroxyl groups is 1. The van der Waals surface area contributed by atoms with Crippen molar-refractivity contribution in [2.45, 2.75) is 18.7 Å². The van der Waals surface area contributed by atoms with Gasteiger partial charge >= 0.3 is 0 Å². The van der Waals surface area contributed by atoms with Gasteiger partial charge in [0.2, 0.25) is 0 Å². The van der Waals surface area contributed by atoms with Crippen LogP contribution in [0.1, 0.15) is 23.7 Å². The molecule has 1 aliphatic heterocycles. The van der Waals surface area contributed by atoms with E-state index in [0.29, 0.717) is 18.7 Å². The maximum Gasteiger partial charge on any atom is 0.257 e. The molecule has 18 heavy (non-hydrogen) atoms. The Morgan fingerprint density at radius 1 is 1.56 bits per heavy atom. The van der Waals surface area contributed by atoms with Gasteiger partial charge in [0.15, 0.2) is 0 Å². The molecule has 1 saturated heterocycles. The van der Waals surface area contributed by atoms with Crippen LogP contribution in [0.15, 0.2) is 22.7 Å². The molecule has 2 unspecified atom stereocenters. The van der Waals surface area contributed by atoms with Crippen LogP contribution in [0.2, 0.25) is 0 Å². The number of piperidine rings is 1. The van der Waals surface area contributed by atoms with E-state index in [2.05, 4.69) is 15.9 Å². The third kappa shape index (κ3) is 2.81. The topological polar surface area (TPSA) is 40.5 Å². The van der Waals surface area contributed by atoms with E-state index in [1.165, 1.54) is 6.07 Å². The predicted octanol–water partition coefficient (Wildman–Crippen LogP) is 3.24. The minimum atomic E-state index is -0.129. The molecule has 1 heterocycles. The number of phenols is 1. The van der Waals surface area contributed by atoms with Gasteiger partial charge in [0.1, 0.15) is 5.75 Å².